The van der Waals surface area contributed by atoms with Crippen molar-refractivity contribution in [1.29, 1.82) is 0 Å². The fourth-order valence-electron chi connectivity index (χ4n) is 11.2. The zero-order valence-electron chi connectivity index (χ0n) is 23.7. The Kier molecular flexibility index (Phi) is 6.86. The molecule has 0 aromatic carbocycles. The Labute approximate surface area is 227 Å². The number of halogens is 1. The highest BCUT2D eigenvalue weighted by Gasteiger charge is 2.86. The lowest BCUT2D eigenvalue weighted by Crippen LogP contribution is -2.65. The van der Waals surface area contributed by atoms with Crippen molar-refractivity contribution in [3.63, 3.8) is 0 Å². The number of allylic oxidation sites excluding steroid dienone is 1. The fraction of sp³-hybridized carbons (Fsp3) is 0.875. The second kappa shape index (κ2) is 9.68. The molecule has 2 heterocycles. The number of rotatable bonds is 9. The zero-order valence-corrected chi connectivity index (χ0v) is 23.7. The molecule has 1 N–H and O–H groups in total. The van der Waals surface area contributed by atoms with Crippen molar-refractivity contribution in [1.82, 2.24) is 4.90 Å². The predicted octanol–water partition coefficient (Wildman–Crippen LogP) is 5.92. The molecule has 6 rings (SSSR count). The van der Waals surface area contributed by atoms with Crippen molar-refractivity contribution >= 4 is 12.3 Å². The number of nitrogens with zero attached hydrogens (tertiary/aromatic N) is 1. The zero-order chi connectivity index (χ0) is 26.9. The smallest absolute Gasteiger partial charge is 0.315 e. The molecule has 6 heteroatoms. The van der Waals surface area contributed by atoms with E-state index in [1.165, 1.54) is 19.3 Å². The largest absolute Gasteiger partial charge is 0.481 e. The van der Waals surface area contributed by atoms with Crippen LogP contribution in [-0.4, -0.2) is 60.8 Å². The topological polar surface area (TPSA) is 66.8 Å². The first kappa shape index (κ1) is 26.9. The summed E-state index contributed by atoms with van der Waals surface area (Å²) in [6, 6.07) is 0. The highest BCUT2D eigenvalue weighted by molar-refractivity contribution is 5.90. The average Bonchev–Trinajstić information content (AvgIpc) is 3.61. The molecule has 0 radical (unpaired) electrons. The van der Waals surface area contributed by atoms with Gasteiger partial charge in [-0.2, -0.15) is 0 Å². The van der Waals surface area contributed by atoms with E-state index in [0.717, 1.165) is 63.6 Å². The lowest BCUT2D eigenvalue weighted by molar-refractivity contribution is -0.197. The van der Waals surface area contributed by atoms with Gasteiger partial charge in [0.15, 0.2) is 0 Å². The summed E-state index contributed by atoms with van der Waals surface area (Å²) in [5.41, 5.74) is -1.66. The molecule has 2 saturated heterocycles. The third kappa shape index (κ3) is 3.34. The molecule has 4 aliphatic carbocycles. The van der Waals surface area contributed by atoms with Crippen LogP contribution in [0.1, 0.15) is 85.0 Å². The number of carbonyl (C=O) groups is 2. The molecule has 7 unspecified atom stereocenters. The molecule has 3 saturated carbocycles. The van der Waals surface area contributed by atoms with E-state index < -0.39 is 22.2 Å². The van der Waals surface area contributed by atoms with Gasteiger partial charge in [-0.25, -0.2) is 0 Å². The van der Waals surface area contributed by atoms with E-state index in [0.29, 0.717) is 24.7 Å². The molecule has 5 fully saturated rings. The Balaban J connectivity index is 1.44. The lowest BCUT2D eigenvalue weighted by Gasteiger charge is -2.60. The van der Waals surface area contributed by atoms with Crippen molar-refractivity contribution in [2.45, 2.75) is 97.2 Å². The number of likely N-dealkylation sites (tertiary alicyclic amines) is 1. The van der Waals surface area contributed by atoms with Crippen LogP contribution in [0.2, 0.25) is 0 Å². The summed E-state index contributed by atoms with van der Waals surface area (Å²) >= 11 is 0. The van der Waals surface area contributed by atoms with Gasteiger partial charge in [-0.1, -0.05) is 45.3 Å². The first-order valence-electron chi connectivity index (χ1n) is 15.6. The van der Waals surface area contributed by atoms with Crippen LogP contribution in [0, 0.1) is 51.8 Å². The van der Waals surface area contributed by atoms with E-state index in [-0.39, 0.29) is 42.6 Å². The summed E-state index contributed by atoms with van der Waals surface area (Å²) in [7, 11) is 0. The van der Waals surface area contributed by atoms with Gasteiger partial charge in [0.05, 0.1) is 24.3 Å². The maximum atomic E-state index is 13.8. The minimum absolute atomic E-state index is 0.0109. The van der Waals surface area contributed by atoms with Crippen LogP contribution in [0.4, 0.5) is 4.39 Å². The summed E-state index contributed by atoms with van der Waals surface area (Å²) in [5.74, 6) is 0.567. The molecule has 5 nitrogen and oxygen atoms in total. The van der Waals surface area contributed by atoms with Gasteiger partial charge >= 0.3 is 5.97 Å². The van der Waals surface area contributed by atoms with Gasteiger partial charge < -0.3 is 19.5 Å². The minimum atomic E-state index is -1.19. The van der Waals surface area contributed by atoms with Crippen molar-refractivity contribution < 1.29 is 23.8 Å². The first-order valence-corrected chi connectivity index (χ1v) is 15.6. The van der Waals surface area contributed by atoms with Crippen LogP contribution >= 0.6 is 0 Å². The highest BCUT2D eigenvalue weighted by Crippen LogP contribution is 2.84. The number of hydrogen-bond donors (Lipinski definition) is 1. The van der Waals surface area contributed by atoms with Crippen molar-refractivity contribution in [3.05, 3.63) is 11.6 Å². The van der Waals surface area contributed by atoms with Crippen molar-refractivity contribution in [2.75, 3.05) is 26.3 Å². The number of aldehydes is 1. The number of piperidine rings is 1. The standard InChI is InChI=1S/C32H48FNO4/c1-20(2)26-15-23-16-30(19-35)25-10-9-21(3)24(25)17-31(23,32(26,30)29(36)37)28-14-22(8-7-11-33)27(38-28)18-34-12-5-4-6-13-34/h15,19-25,27-28H,4-14,16-18H2,1-3H3,(H,36,37)/t21-,22?,23?,24-,25-,27?,28?,30?,31?,32?/m1/s1. The van der Waals surface area contributed by atoms with E-state index in [4.69, 9.17) is 4.74 Å². The molecule has 6 aliphatic rings. The molecular formula is C32H48FNO4. The molecule has 38 heavy (non-hydrogen) atoms. The van der Waals surface area contributed by atoms with Crippen molar-refractivity contribution in [2.24, 2.45) is 51.8 Å². The number of fused-ring (bicyclic) bond motifs is 2. The molecule has 0 aromatic rings. The number of hydrogen-bond acceptors (Lipinski definition) is 4. The summed E-state index contributed by atoms with van der Waals surface area (Å²) < 4.78 is 20.5. The van der Waals surface area contributed by atoms with Crippen LogP contribution < -0.4 is 0 Å². The lowest BCUT2D eigenvalue weighted by atomic mass is 9.41. The molecule has 10 atom stereocenters. The van der Waals surface area contributed by atoms with Crippen LogP contribution in [0.15, 0.2) is 11.6 Å². The van der Waals surface area contributed by atoms with Crippen LogP contribution in [-0.2, 0) is 14.3 Å². The normalized spacial score (nSPS) is 47.9. The molecule has 4 bridgehead atoms. The average molecular weight is 530 g/mol. The second-order valence-corrected chi connectivity index (χ2v) is 14.2. The summed E-state index contributed by atoms with van der Waals surface area (Å²) in [6.45, 7) is 9.23. The van der Waals surface area contributed by atoms with Gasteiger partial charge in [0.25, 0.3) is 0 Å². The Bertz CT molecular complexity index is 977. The molecule has 2 aliphatic heterocycles. The van der Waals surface area contributed by atoms with Crippen LogP contribution in [0.3, 0.4) is 0 Å². The van der Waals surface area contributed by atoms with Crippen LogP contribution in [0.5, 0.6) is 0 Å². The maximum Gasteiger partial charge on any atom is 0.315 e. The van der Waals surface area contributed by atoms with E-state index in [9.17, 15) is 19.1 Å². The second-order valence-electron chi connectivity index (χ2n) is 14.2. The number of carboxylic acids is 1. The van der Waals surface area contributed by atoms with Gasteiger partial charge in [-0.05, 0) is 100.0 Å². The van der Waals surface area contributed by atoms with E-state index in [1.54, 1.807) is 0 Å². The van der Waals surface area contributed by atoms with Gasteiger partial charge in [0.2, 0.25) is 0 Å². The van der Waals surface area contributed by atoms with Gasteiger partial charge in [0, 0.05) is 12.0 Å². The van der Waals surface area contributed by atoms with Gasteiger partial charge in [-0.3, -0.25) is 9.18 Å². The van der Waals surface area contributed by atoms with Crippen LogP contribution in [0.25, 0.3) is 0 Å². The summed E-state index contributed by atoms with van der Waals surface area (Å²) in [6.07, 6.45) is 12.5. The molecule has 0 aromatic heterocycles. The van der Waals surface area contributed by atoms with Gasteiger partial charge in [-0.15, -0.1) is 0 Å². The monoisotopic (exact) mass is 529 g/mol. The SMILES string of the molecule is CC(C)C1=CC2CC3(C=O)[C@@H]4CC[C@@H](C)[C@H]4CC2(C2CC(CCCF)C(CN4CCCCC4)O2)C13C(=O)O. The summed E-state index contributed by atoms with van der Waals surface area (Å²) in [5, 5.41) is 11.3. The molecule has 0 spiro atoms. The number of ether oxygens (including phenoxy) is 1. The van der Waals surface area contributed by atoms with E-state index in [1.807, 2.05) is 0 Å². The fourth-order valence-corrected chi connectivity index (χ4v) is 11.2. The van der Waals surface area contributed by atoms with Gasteiger partial charge in [0.1, 0.15) is 11.7 Å². The third-order valence-corrected chi connectivity index (χ3v) is 12.6. The highest BCUT2D eigenvalue weighted by atomic mass is 19.1. The Morgan fingerprint density at radius 3 is 2.66 bits per heavy atom. The number of alkyl halides is 1. The third-order valence-electron chi connectivity index (χ3n) is 12.6. The Hall–Kier alpha value is -1.27. The predicted molar refractivity (Wildman–Crippen MR) is 144 cm³/mol. The summed E-state index contributed by atoms with van der Waals surface area (Å²) in [4.78, 5) is 29.7. The molecular weight excluding hydrogens is 481 g/mol. The minimum Gasteiger partial charge on any atom is -0.481 e. The van der Waals surface area contributed by atoms with Crippen molar-refractivity contribution in [3.8, 4) is 0 Å². The Morgan fingerprint density at radius 1 is 1.24 bits per heavy atom. The number of aliphatic carboxylic acids is 1. The molecule has 212 valence electrons. The van der Waals surface area contributed by atoms with E-state index in [2.05, 4.69) is 31.7 Å². The Morgan fingerprint density at radius 2 is 2.00 bits per heavy atom. The maximum absolute atomic E-state index is 13.8. The molecule has 0 amide bonds. The van der Waals surface area contributed by atoms with E-state index >= 15 is 0 Å². The quantitative estimate of drug-likeness (QED) is 0.297. The first-order chi connectivity index (χ1) is 18.3. The number of carbonyl (C=O) groups excluding carboxylic acids is 1. The number of carboxylic acid groups (broad SMARTS) is 1.